The third-order valence-electron chi connectivity index (χ3n) is 2.39. The van der Waals surface area contributed by atoms with Crippen LogP contribution >= 0.6 is 11.8 Å². The summed E-state index contributed by atoms with van der Waals surface area (Å²) >= 11 is 1.88. The van der Waals surface area contributed by atoms with E-state index < -0.39 is 0 Å². The summed E-state index contributed by atoms with van der Waals surface area (Å²) in [6.07, 6.45) is 1.08. The van der Waals surface area contributed by atoms with Crippen LogP contribution in [0.5, 0.6) is 0 Å². The Hall–Kier alpha value is -1.23. The monoisotopic (exact) mass is 224 g/mol. The van der Waals surface area contributed by atoms with Crippen molar-refractivity contribution < 1.29 is 4.92 Å². The lowest BCUT2D eigenvalue weighted by molar-refractivity contribution is -0.384. The largest absolute Gasteiger partial charge is 0.376 e. The number of anilines is 1. The molecule has 0 amide bonds. The van der Waals surface area contributed by atoms with Crippen molar-refractivity contribution in [3.8, 4) is 0 Å². The molecule has 1 aromatic rings. The Kier molecular flexibility index (Phi) is 3.11. The normalized spacial score (nSPS) is 20.1. The molecule has 0 bridgehead atoms. The number of nitrogens with one attached hydrogen (secondary N) is 1. The van der Waals surface area contributed by atoms with Crippen molar-refractivity contribution in [3.63, 3.8) is 0 Å². The van der Waals surface area contributed by atoms with Crippen molar-refractivity contribution in [1.29, 1.82) is 0 Å². The molecule has 2 rings (SSSR count). The fourth-order valence-electron chi connectivity index (χ4n) is 1.62. The molecule has 0 aliphatic carbocycles. The molecular weight excluding hydrogens is 212 g/mol. The summed E-state index contributed by atoms with van der Waals surface area (Å²) in [6.45, 7) is 0. The average Bonchev–Trinajstić information content (AvgIpc) is 2.71. The van der Waals surface area contributed by atoms with E-state index in [1.807, 2.05) is 17.8 Å². The summed E-state index contributed by atoms with van der Waals surface area (Å²) in [4.78, 5) is 10.4. The number of rotatable bonds is 3. The van der Waals surface area contributed by atoms with Crippen molar-refractivity contribution in [3.05, 3.63) is 34.4 Å². The molecule has 15 heavy (non-hydrogen) atoms. The Morgan fingerprint density at radius 3 is 2.93 bits per heavy atom. The number of hydrogen-bond donors (Lipinski definition) is 1. The summed E-state index contributed by atoms with van der Waals surface area (Å²) in [6, 6.07) is 7.17. The lowest BCUT2D eigenvalue weighted by Crippen LogP contribution is -2.18. The Bertz CT molecular complexity index is 364. The van der Waals surface area contributed by atoms with Crippen LogP contribution in [0.4, 0.5) is 11.4 Å². The van der Waals surface area contributed by atoms with Crippen LogP contribution in [0.25, 0.3) is 0 Å². The molecule has 5 heteroatoms. The number of hydrogen-bond acceptors (Lipinski definition) is 4. The first-order chi connectivity index (χ1) is 7.27. The van der Waals surface area contributed by atoms with Gasteiger partial charge in [0.05, 0.1) is 4.92 Å². The number of para-hydroxylation sites is 2. The second kappa shape index (κ2) is 4.53. The highest BCUT2D eigenvalue weighted by Crippen LogP contribution is 2.27. The number of thioether (sulfide) groups is 1. The highest BCUT2D eigenvalue weighted by atomic mass is 32.2. The third-order valence-corrected chi connectivity index (χ3v) is 3.55. The molecule has 1 aromatic carbocycles. The SMILES string of the molecule is O=[N+]([O-])c1ccccc1NC1CCSC1. The minimum Gasteiger partial charge on any atom is -0.376 e. The van der Waals surface area contributed by atoms with Gasteiger partial charge >= 0.3 is 0 Å². The molecule has 1 saturated heterocycles. The topological polar surface area (TPSA) is 55.2 Å². The quantitative estimate of drug-likeness (QED) is 0.633. The van der Waals surface area contributed by atoms with E-state index in [9.17, 15) is 10.1 Å². The maximum Gasteiger partial charge on any atom is 0.292 e. The van der Waals surface area contributed by atoms with Gasteiger partial charge in [0.15, 0.2) is 0 Å². The Morgan fingerprint density at radius 2 is 2.27 bits per heavy atom. The van der Waals surface area contributed by atoms with Gasteiger partial charge in [-0.2, -0.15) is 11.8 Å². The van der Waals surface area contributed by atoms with E-state index in [-0.39, 0.29) is 10.6 Å². The Labute approximate surface area is 92.2 Å². The first-order valence-electron chi connectivity index (χ1n) is 4.85. The highest BCUT2D eigenvalue weighted by Gasteiger charge is 2.19. The second-order valence-corrected chi connectivity index (χ2v) is 4.63. The van der Waals surface area contributed by atoms with Gasteiger partial charge in [0.2, 0.25) is 0 Å². The van der Waals surface area contributed by atoms with Gasteiger partial charge in [-0.1, -0.05) is 12.1 Å². The molecule has 1 unspecified atom stereocenters. The van der Waals surface area contributed by atoms with Crippen molar-refractivity contribution in [2.75, 3.05) is 16.8 Å². The van der Waals surface area contributed by atoms with Crippen LogP contribution in [0.3, 0.4) is 0 Å². The molecule has 1 N–H and O–H groups in total. The summed E-state index contributed by atoms with van der Waals surface area (Å²) in [7, 11) is 0. The Balaban J connectivity index is 2.15. The van der Waals surface area contributed by atoms with Gasteiger partial charge in [-0.15, -0.1) is 0 Å². The zero-order valence-electron chi connectivity index (χ0n) is 8.18. The van der Waals surface area contributed by atoms with E-state index in [4.69, 9.17) is 0 Å². The first kappa shape index (κ1) is 10.3. The van der Waals surface area contributed by atoms with Crippen LogP contribution in [0.1, 0.15) is 6.42 Å². The van der Waals surface area contributed by atoms with Gasteiger partial charge in [-0.25, -0.2) is 0 Å². The van der Waals surface area contributed by atoms with Gasteiger partial charge in [-0.05, 0) is 18.2 Å². The second-order valence-electron chi connectivity index (χ2n) is 3.48. The van der Waals surface area contributed by atoms with E-state index in [1.165, 1.54) is 6.07 Å². The van der Waals surface area contributed by atoms with Crippen LogP contribution in [0.15, 0.2) is 24.3 Å². The van der Waals surface area contributed by atoms with E-state index in [0.717, 1.165) is 17.9 Å². The van der Waals surface area contributed by atoms with Gasteiger partial charge in [0.25, 0.3) is 5.69 Å². The molecule has 0 spiro atoms. The van der Waals surface area contributed by atoms with Gasteiger partial charge < -0.3 is 5.32 Å². The molecule has 4 nitrogen and oxygen atoms in total. The summed E-state index contributed by atoms with van der Waals surface area (Å²) in [5, 5.41) is 14.0. The first-order valence-corrected chi connectivity index (χ1v) is 6.00. The summed E-state index contributed by atoms with van der Waals surface area (Å²) in [5.74, 6) is 2.17. The minimum absolute atomic E-state index is 0.161. The van der Waals surface area contributed by atoms with Gasteiger partial charge in [-0.3, -0.25) is 10.1 Å². The van der Waals surface area contributed by atoms with Crippen molar-refractivity contribution in [2.45, 2.75) is 12.5 Å². The number of benzene rings is 1. The number of nitro benzene ring substituents is 1. The fraction of sp³-hybridized carbons (Fsp3) is 0.400. The average molecular weight is 224 g/mol. The highest BCUT2D eigenvalue weighted by molar-refractivity contribution is 7.99. The molecule has 1 fully saturated rings. The van der Waals surface area contributed by atoms with E-state index in [1.54, 1.807) is 12.1 Å². The molecule has 80 valence electrons. The summed E-state index contributed by atoms with van der Waals surface area (Å²) in [5.41, 5.74) is 0.796. The van der Waals surface area contributed by atoms with Crippen LogP contribution in [0, 0.1) is 10.1 Å². The van der Waals surface area contributed by atoms with Crippen LogP contribution in [-0.4, -0.2) is 22.5 Å². The van der Waals surface area contributed by atoms with Crippen molar-refractivity contribution in [2.24, 2.45) is 0 Å². The molecular formula is C10H12N2O2S. The van der Waals surface area contributed by atoms with E-state index in [2.05, 4.69) is 5.32 Å². The van der Waals surface area contributed by atoms with Crippen molar-refractivity contribution >= 4 is 23.1 Å². The maximum atomic E-state index is 10.8. The molecule has 1 heterocycles. The molecule has 0 radical (unpaired) electrons. The maximum absolute atomic E-state index is 10.8. The fourth-order valence-corrected chi connectivity index (χ4v) is 2.78. The summed E-state index contributed by atoms with van der Waals surface area (Å²) < 4.78 is 0. The number of nitrogens with zero attached hydrogens (tertiary/aromatic N) is 1. The van der Waals surface area contributed by atoms with Gasteiger partial charge in [0, 0.05) is 17.9 Å². The predicted molar refractivity (Wildman–Crippen MR) is 62.4 cm³/mol. The lowest BCUT2D eigenvalue weighted by atomic mass is 10.2. The minimum atomic E-state index is -0.343. The molecule has 1 aliphatic rings. The van der Waals surface area contributed by atoms with Crippen molar-refractivity contribution in [1.82, 2.24) is 0 Å². The molecule has 1 atom stereocenters. The zero-order chi connectivity index (χ0) is 10.7. The van der Waals surface area contributed by atoms with Gasteiger partial charge in [0.1, 0.15) is 5.69 Å². The molecule has 0 aromatic heterocycles. The standard InChI is InChI=1S/C10H12N2O2S/c13-12(14)10-4-2-1-3-9(10)11-8-5-6-15-7-8/h1-4,8,11H,5-7H2. The number of nitro groups is 1. The Morgan fingerprint density at radius 1 is 1.47 bits per heavy atom. The van der Waals surface area contributed by atoms with Crippen LogP contribution < -0.4 is 5.32 Å². The van der Waals surface area contributed by atoms with E-state index in [0.29, 0.717) is 11.7 Å². The van der Waals surface area contributed by atoms with Crippen LogP contribution in [-0.2, 0) is 0 Å². The molecule has 1 aliphatic heterocycles. The molecule has 0 saturated carbocycles. The smallest absolute Gasteiger partial charge is 0.292 e. The third kappa shape index (κ3) is 2.41. The predicted octanol–water partition coefficient (Wildman–Crippen LogP) is 2.51. The van der Waals surface area contributed by atoms with Crippen LogP contribution in [0.2, 0.25) is 0 Å². The zero-order valence-corrected chi connectivity index (χ0v) is 9.00. The lowest BCUT2D eigenvalue weighted by Gasteiger charge is -2.12. The van der Waals surface area contributed by atoms with E-state index >= 15 is 0 Å².